The summed E-state index contributed by atoms with van der Waals surface area (Å²) in [5.41, 5.74) is 0. The Bertz CT molecular complexity index is 1740. The van der Waals surface area contributed by atoms with Crippen LogP contribution in [0.2, 0.25) is 0 Å². The molecule has 1 rings (SSSR count). The monoisotopic (exact) mass is 1220 g/mol. The van der Waals surface area contributed by atoms with E-state index in [1.807, 2.05) is 6.08 Å². The Morgan fingerprint density at radius 1 is 0.460 bits per heavy atom. The van der Waals surface area contributed by atoms with E-state index >= 15 is 0 Å². The third-order valence-corrected chi connectivity index (χ3v) is 16.8. The van der Waals surface area contributed by atoms with Gasteiger partial charge in [0.15, 0.2) is 12.4 Å². The molecule has 11 heteroatoms. The lowest BCUT2D eigenvalue weighted by molar-refractivity contribution is -0.305. The molecule has 1 saturated heterocycles. The SMILES string of the molecule is CC/C=C\C/C=C\C/C=C\C/C=C\C/C=C\C/C=C\CCCCCCCC(O)C(=O)NC(COC1OC(CO)C(O)C(O)C1OC(=O)CCCCCCCCCCCCCCCCCCCCCCC)C(O)/C=C/CCCCCCCCCCCCC. The van der Waals surface area contributed by atoms with E-state index in [1.54, 1.807) is 6.08 Å². The number of hydrogen-bond acceptors (Lipinski definition) is 10. The Morgan fingerprint density at radius 2 is 0.828 bits per heavy atom. The molecule has 1 aliphatic rings. The van der Waals surface area contributed by atoms with Crippen molar-refractivity contribution in [1.29, 1.82) is 0 Å². The van der Waals surface area contributed by atoms with Gasteiger partial charge in [0.2, 0.25) is 5.91 Å². The molecule has 8 atom stereocenters. The average molecular weight is 1220 g/mol. The van der Waals surface area contributed by atoms with Gasteiger partial charge in [0.1, 0.15) is 24.4 Å². The van der Waals surface area contributed by atoms with Crippen molar-refractivity contribution in [3.63, 3.8) is 0 Å². The third kappa shape index (κ3) is 50.2. The molecule has 504 valence electrons. The van der Waals surface area contributed by atoms with Gasteiger partial charge in [-0.2, -0.15) is 0 Å². The van der Waals surface area contributed by atoms with Crippen LogP contribution in [-0.4, -0.2) is 99.6 Å². The van der Waals surface area contributed by atoms with Gasteiger partial charge in [-0.05, 0) is 77.0 Å². The second kappa shape index (κ2) is 63.0. The summed E-state index contributed by atoms with van der Waals surface area (Å²) in [6.07, 6.45) is 73.3. The first kappa shape index (κ1) is 81.9. The number of aliphatic hydroxyl groups is 5. The Balaban J connectivity index is 2.60. The van der Waals surface area contributed by atoms with Crippen molar-refractivity contribution in [3.8, 4) is 0 Å². The van der Waals surface area contributed by atoms with E-state index in [4.69, 9.17) is 14.2 Å². The van der Waals surface area contributed by atoms with Gasteiger partial charge in [0, 0.05) is 6.42 Å². The van der Waals surface area contributed by atoms with E-state index in [0.717, 1.165) is 109 Å². The first-order valence-corrected chi connectivity index (χ1v) is 36.4. The zero-order valence-corrected chi connectivity index (χ0v) is 56.1. The lowest BCUT2D eigenvalue weighted by Crippen LogP contribution is -2.61. The summed E-state index contributed by atoms with van der Waals surface area (Å²) in [5.74, 6) is -1.20. The molecule has 6 N–H and O–H groups in total. The highest BCUT2D eigenvalue weighted by molar-refractivity contribution is 5.80. The Kier molecular flexibility index (Phi) is 59.3. The third-order valence-electron chi connectivity index (χ3n) is 16.8. The molecule has 0 aromatic heterocycles. The topological polar surface area (TPSA) is 175 Å². The van der Waals surface area contributed by atoms with Crippen LogP contribution in [0.1, 0.15) is 323 Å². The minimum absolute atomic E-state index is 0.123. The number of carbonyl (C=O) groups is 2. The first-order valence-electron chi connectivity index (χ1n) is 36.4. The molecule has 0 aromatic rings. The largest absolute Gasteiger partial charge is 0.454 e. The highest BCUT2D eigenvalue weighted by Gasteiger charge is 2.47. The molecule has 0 radical (unpaired) electrons. The molecule has 0 aromatic carbocycles. The summed E-state index contributed by atoms with van der Waals surface area (Å²) in [5, 5.41) is 57.3. The minimum Gasteiger partial charge on any atom is -0.454 e. The summed E-state index contributed by atoms with van der Waals surface area (Å²) >= 11 is 0. The van der Waals surface area contributed by atoms with Crippen molar-refractivity contribution < 1.29 is 49.3 Å². The van der Waals surface area contributed by atoms with Crippen molar-refractivity contribution in [3.05, 3.63) is 85.1 Å². The van der Waals surface area contributed by atoms with E-state index in [1.165, 1.54) is 167 Å². The number of esters is 1. The molecule has 1 fully saturated rings. The molecule has 11 nitrogen and oxygen atoms in total. The minimum atomic E-state index is -1.62. The maximum absolute atomic E-state index is 13.5. The second-order valence-electron chi connectivity index (χ2n) is 24.9. The fraction of sp³-hybridized carbons (Fsp3) is 0.789. The van der Waals surface area contributed by atoms with E-state index < -0.39 is 67.4 Å². The summed E-state index contributed by atoms with van der Waals surface area (Å²) < 4.78 is 17.7. The maximum atomic E-state index is 13.5. The Hall–Kier alpha value is -3.16. The predicted molar refractivity (Wildman–Crippen MR) is 366 cm³/mol. The van der Waals surface area contributed by atoms with Gasteiger partial charge in [-0.1, -0.05) is 324 Å². The lowest BCUT2D eigenvalue weighted by Gasteiger charge is -2.41. The van der Waals surface area contributed by atoms with Crippen LogP contribution in [0, 0.1) is 0 Å². The van der Waals surface area contributed by atoms with Gasteiger partial charge in [-0.3, -0.25) is 9.59 Å². The van der Waals surface area contributed by atoms with Gasteiger partial charge in [0.25, 0.3) is 0 Å². The molecule has 0 aliphatic carbocycles. The van der Waals surface area contributed by atoms with Crippen LogP contribution >= 0.6 is 0 Å². The van der Waals surface area contributed by atoms with Crippen LogP contribution in [0.25, 0.3) is 0 Å². The number of nitrogens with one attached hydrogen (secondary N) is 1. The number of allylic oxidation sites excluding steroid dienone is 13. The van der Waals surface area contributed by atoms with Gasteiger partial charge in [0.05, 0.1) is 25.4 Å². The van der Waals surface area contributed by atoms with Crippen molar-refractivity contribution in [2.24, 2.45) is 0 Å². The van der Waals surface area contributed by atoms with Crippen molar-refractivity contribution in [2.75, 3.05) is 13.2 Å². The van der Waals surface area contributed by atoms with Crippen molar-refractivity contribution >= 4 is 11.9 Å². The quantitative estimate of drug-likeness (QED) is 0.0195. The second-order valence-corrected chi connectivity index (χ2v) is 24.9. The van der Waals surface area contributed by atoms with Gasteiger partial charge >= 0.3 is 5.97 Å². The van der Waals surface area contributed by atoms with Crippen LogP contribution in [-0.2, 0) is 23.8 Å². The number of carbonyl (C=O) groups excluding carboxylic acids is 2. The zero-order valence-electron chi connectivity index (χ0n) is 56.1. The molecular formula is C76H135NO10. The number of rotatable bonds is 62. The lowest BCUT2D eigenvalue weighted by atomic mass is 9.99. The Labute approximate surface area is 533 Å². The number of aliphatic hydroxyl groups excluding tert-OH is 5. The van der Waals surface area contributed by atoms with Crippen molar-refractivity contribution in [2.45, 2.75) is 372 Å². The van der Waals surface area contributed by atoms with E-state index in [9.17, 15) is 35.1 Å². The van der Waals surface area contributed by atoms with Crippen LogP contribution < -0.4 is 5.32 Å². The highest BCUT2D eigenvalue weighted by Crippen LogP contribution is 2.26. The van der Waals surface area contributed by atoms with E-state index in [2.05, 4.69) is 99.0 Å². The Morgan fingerprint density at radius 3 is 1.24 bits per heavy atom. The molecule has 0 saturated carbocycles. The fourth-order valence-corrected chi connectivity index (χ4v) is 11.1. The number of amides is 1. The van der Waals surface area contributed by atoms with Crippen molar-refractivity contribution in [1.82, 2.24) is 5.32 Å². The molecule has 0 spiro atoms. The number of ether oxygens (including phenoxy) is 3. The van der Waals surface area contributed by atoms with Gasteiger partial charge in [-0.15, -0.1) is 0 Å². The highest BCUT2D eigenvalue weighted by atomic mass is 16.7. The molecule has 87 heavy (non-hydrogen) atoms. The summed E-state index contributed by atoms with van der Waals surface area (Å²) in [4.78, 5) is 26.7. The number of unbranched alkanes of at least 4 members (excludes halogenated alkanes) is 36. The summed E-state index contributed by atoms with van der Waals surface area (Å²) in [6.45, 7) is 5.71. The smallest absolute Gasteiger partial charge is 0.306 e. The van der Waals surface area contributed by atoms with Crippen LogP contribution in [0.5, 0.6) is 0 Å². The van der Waals surface area contributed by atoms with Crippen LogP contribution in [0.15, 0.2) is 85.1 Å². The maximum Gasteiger partial charge on any atom is 0.306 e. The molecule has 1 aliphatic heterocycles. The molecular weight excluding hydrogens is 1090 g/mol. The predicted octanol–water partition coefficient (Wildman–Crippen LogP) is 18.8. The number of hydrogen-bond donors (Lipinski definition) is 6. The normalized spacial score (nSPS) is 18.7. The molecule has 0 bridgehead atoms. The van der Waals surface area contributed by atoms with Gasteiger partial charge in [-0.25, -0.2) is 0 Å². The summed E-state index contributed by atoms with van der Waals surface area (Å²) in [6, 6.07) is -1.04. The zero-order chi connectivity index (χ0) is 63.1. The fourth-order valence-electron chi connectivity index (χ4n) is 11.1. The molecule has 1 heterocycles. The van der Waals surface area contributed by atoms with Gasteiger partial charge < -0.3 is 45.1 Å². The van der Waals surface area contributed by atoms with Crippen LogP contribution in [0.3, 0.4) is 0 Å². The summed E-state index contributed by atoms with van der Waals surface area (Å²) in [7, 11) is 0. The van der Waals surface area contributed by atoms with E-state index in [-0.39, 0.29) is 19.4 Å². The molecule has 1 amide bonds. The average Bonchev–Trinajstić information content (AvgIpc) is 1.53. The van der Waals surface area contributed by atoms with E-state index in [0.29, 0.717) is 12.8 Å². The van der Waals surface area contributed by atoms with Crippen LogP contribution in [0.4, 0.5) is 0 Å². The first-order chi connectivity index (χ1) is 42.7. The standard InChI is InChI=1S/C76H135NO10/c1-4-7-10-13-16-19-22-25-27-29-31-33-34-35-37-38-40-42-45-48-51-54-57-60-63-69(80)75(84)77-67(68(79)62-59-56-53-50-47-44-24-21-18-15-12-9-6-3)66-85-76-74(73(83)72(82)70(65-78)86-76)87-71(81)64-61-58-55-52-49-46-43-41-39-36-32-30-28-26-23-20-17-14-11-8-5-2/h7,10,16,19,25,27,31,33,35,37,40,42,59,62,67-70,72-74,76,78-80,82-83H,4-6,8-9,11-15,17-18,20-24,26,28-30,32,34,36,38-39,41,43-58,60-61,63-66H2,1-3H3,(H,77,84)/b10-7-,19-16-,27-25-,33-31-,37-35-,42-40-,62-59+. The molecule has 8 unspecified atom stereocenters.